The van der Waals surface area contributed by atoms with Crippen molar-refractivity contribution in [1.82, 2.24) is 15.0 Å². The molecule has 8 aromatic carbocycles. The van der Waals surface area contributed by atoms with Crippen molar-refractivity contribution in [1.29, 1.82) is 0 Å². The zero-order valence-electron chi connectivity index (χ0n) is 28.9. The fourth-order valence-electron chi connectivity index (χ4n) is 7.76. The van der Waals surface area contributed by atoms with Gasteiger partial charge in [-0.3, -0.25) is 0 Å². The standard InChI is InChI=1S/C49H29N3O2/c1-4-13-30(14-5-1)33-23-25-37-40-29-41(36-19-10-11-20-38(36)46(40)54-43(37)27-33)49-51-47(32-17-8-3-9-18-32)50-48(52-49)34-24-26-39-44(28-34)53-42-22-12-21-35(45(39)42)31-15-6-2-7-16-31/h1-29H. The van der Waals surface area contributed by atoms with E-state index in [0.717, 1.165) is 93.6 Å². The Morgan fingerprint density at radius 3 is 1.67 bits per heavy atom. The largest absolute Gasteiger partial charge is 0.456 e. The van der Waals surface area contributed by atoms with Crippen molar-refractivity contribution < 1.29 is 8.83 Å². The molecular weight excluding hydrogens is 663 g/mol. The first-order valence-electron chi connectivity index (χ1n) is 18.0. The third-order valence-corrected chi connectivity index (χ3v) is 10.3. The van der Waals surface area contributed by atoms with Crippen LogP contribution in [-0.2, 0) is 0 Å². The minimum Gasteiger partial charge on any atom is -0.456 e. The van der Waals surface area contributed by atoms with Crippen LogP contribution < -0.4 is 0 Å². The predicted octanol–water partition coefficient (Wildman–Crippen LogP) is 13.2. The Hall–Kier alpha value is -7.37. The number of rotatable bonds is 5. The lowest BCUT2D eigenvalue weighted by atomic mass is 9.98. The normalized spacial score (nSPS) is 11.7. The molecule has 0 spiro atoms. The van der Waals surface area contributed by atoms with Crippen molar-refractivity contribution >= 4 is 54.6 Å². The van der Waals surface area contributed by atoms with E-state index in [1.54, 1.807) is 0 Å². The molecule has 0 unspecified atom stereocenters. The number of hydrogen-bond acceptors (Lipinski definition) is 5. The number of benzene rings is 8. The molecule has 0 radical (unpaired) electrons. The van der Waals surface area contributed by atoms with Gasteiger partial charge in [-0.25, -0.2) is 15.0 Å². The molecule has 0 aliphatic heterocycles. The monoisotopic (exact) mass is 691 g/mol. The molecular formula is C49H29N3O2. The molecule has 5 heteroatoms. The lowest BCUT2D eigenvalue weighted by Crippen LogP contribution is -2.00. The highest BCUT2D eigenvalue weighted by Crippen LogP contribution is 2.42. The van der Waals surface area contributed by atoms with Crippen molar-refractivity contribution in [3.05, 3.63) is 176 Å². The molecule has 11 aromatic rings. The molecule has 0 saturated carbocycles. The molecule has 0 saturated heterocycles. The van der Waals surface area contributed by atoms with Gasteiger partial charge in [0, 0.05) is 43.6 Å². The van der Waals surface area contributed by atoms with Crippen molar-refractivity contribution in [2.45, 2.75) is 0 Å². The van der Waals surface area contributed by atoms with Gasteiger partial charge in [0.05, 0.1) is 0 Å². The molecule has 0 amide bonds. The molecule has 3 aromatic heterocycles. The highest BCUT2D eigenvalue weighted by molar-refractivity contribution is 6.19. The van der Waals surface area contributed by atoms with Gasteiger partial charge in [0.1, 0.15) is 22.3 Å². The molecule has 0 fully saturated rings. The molecule has 0 bridgehead atoms. The van der Waals surface area contributed by atoms with Crippen LogP contribution in [0.5, 0.6) is 0 Å². The van der Waals surface area contributed by atoms with Gasteiger partial charge in [0.2, 0.25) is 0 Å². The molecule has 54 heavy (non-hydrogen) atoms. The van der Waals surface area contributed by atoms with E-state index in [-0.39, 0.29) is 0 Å². The summed E-state index contributed by atoms with van der Waals surface area (Å²) in [5.74, 6) is 1.75. The average molecular weight is 692 g/mol. The second-order valence-electron chi connectivity index (χ2n) is 13.6. The van der Waals surface area contributed by atoms with E-state index in [4.69, 9.17) is 23.8 Å². The Morgan fingerprint density at radius 1 is 0.296 bits per heavy atom. The predicted molar refractivity (Wildman–Crippen MR) is 219 cm³/mol. The minimum atomic E-state index is 0.568. The van der Waals surface area contributed by atoms with Crippen LogP contribution in [0.1, 0.15) is 0 Å². The number of nitrogens with zero attached hydrogens (tertiary/aromatic N) is 3. The Bertz CT molecular complexity index is 3200. The van der Waals surface area contributed by atoms with Gasteiger partial charge in [-0.1, -0.05) is 140 Å². The third-order valence-electron chi connectivity index (χ3n) is 10.3. The minimum absolute atomic E-state index is 0.568. The van der Waals surface area contributed by atoms with E-state index in [1.165, 1.54) is 0 Å². The summed E-state index contributed by atoms with van der Waals surface area (Å²) in [5, 5.41) is 6.20. The lowest BCUT2D eigenvalue weighted by Gasteiger charge is -2.11. The highest BCUT2D eigenvalue weighted by atomic mass is 16.3. The van der Waals surface area contributed by atoms with E-state index >= 15 is 0 Å². The van der Waals surface area contributed by atoms with E-state index in [2.05, 4.69) is 103 Å². The smallest absolute Gasteiger partial charge is 0.164 e. The molecule has 5 nitrogen and oxygen atoms in total. The van der Waals surface area contributed by atoms with Gasteiger partial charge in [-0.2, -0.15) is 0 Å². The molecule has 11 rings (SSSR count). The fraction of sp³-hybridized carbons (Fsp3) is 0. The topological polar surface area (TPSA) is 65.0 Å². The molecule has 0 atom stereocenters. The van der Waals surface area contributed by atoms with Crippen molar-refractivity contribution in [3.63, 3.8) is 0 Å². The summed E-state index contributed by atoms with van der Waals surface area (Å²) in [6.07, 6.45) is 0. The summed E-state index contributed by atoms with van der Waals surface area (Å²) >= 11 is 0. The highest BCUT2D eigenvalue weighted by Gasteiger charge is 2.20. The van der Waals surface area contributed by atoms with Gasteiger partial charge in [-0.15, -0.1) is 0 Å². The first kappa shape index (κ1) is 30.3. The molecule has 3 heterocycles. The van der Waals surface area contributed by atoms with E-state index in [0.29, 0.717) is 17.5 Å². The fourth-order valence-corrected chi connectivity index (χ4v) is 7.76. The van der Waals surface area contributed by atoms with E-state index < -0.39 is 0 Å². The van der Waals surface area contributed by atoms with Crippen LogP contribution in [0.3, 0.4) is 0 Å². The average Bonchev–Trinajstić information content (AvgIpc) is 3.82. The zero-order valence-corrected chi connectivity index (χ0v) is 28.9. The second kappa shape index (κ2) is 12.1. The first-order chi connectivity index (χ1) is 26.7. The van der Waals surface area contributed by atoms with E-state index in [1.807, 2.05) is 72.8 Å². The summed E-state index contributed by atoms with van der Waals surface area (Å²) < 4.78 is 13.1. The van der Waals surface area contributed by atoms with Crippen molar-refractivity contribution in [2.24, 2.45) is 0 Å². The van der Waals surface area contributed by atoms with Crippen LogP contribution in [-0.4, -0.2) is 15.0 Å². The van der Waals surface area contributed by atoms with Gasteiger partial charge < -0.3 is 8.83 Å². The maximum atomic E-state index is 6.64. The lowest BCUT2D eigenvalue weighted by molar-refractivity contribution is 0.669. The summed E-state index contributed by atoms with van der Waals surface area (Å²) in [6, 6.07) is 60.3. The Balaban J connectivity index is 1.12. The maximum Gasteiger partial charge on any atom is 0.164 e. The Kier molecular flexibility index (Phi) is 6.79. The third kappa shape index (κ3) is 4.90. The van der Waals surface area contributed by atoms with Crippen LogP contribution in [0.4, 0.5) is 0 Å². The zero-order chi connectivity index (χ0) is 35.6. The summed E-state index contributed by atoms with van der Waals surface area (Å²) in [7, 11) is 0. The summed E-state index contributed by atoms with van der Waals surface area (Å²) in [5.41, 5.74) is 10.5. The molecule has 0 aliphatic rings. The van der Waals surface area contributed by atoms with Crippen molar-refractivity contribution in [3.8, 4) is 56.4 Å². The quantitative estimate of drug-likeness (QED) is 0.180. The molecule has 0 N–H and O–H groups in total. The maximum absolute atomic E-state index is 6.64. The van der Waals surface area contributed by atoms with Crippen LogP contribution >= 0.6 is 0 Å². The van der Waals surface area contributed by atoms with Gasteiger partial charge >= 0.3 is 0 Å². The summed E-state index contributed by atoms with van der Waals surface area (Å²) in [6.45, 7) is 0. The Labute approximate surface area is 309 Å². The van der Waals surface area contributed by atoms with Gasteiger partial charge in [0.25, 0.3) is 0 Å². The van der Waals surface area contributed by atoms with Crippen LogP contribution in [0.25, 0.3) is 111 Å². The first-order valence-corrected chi connectivity index (χ1v) is 18.0. The van der Waals surface area contributed by atoms with Crippen LogP contribution in [0.2, 0.25) is 0 Å². The number of furan rings is 2. The number of hydrogen-bond donors (Lipinski definition) is 0. The van der Waals surface area contributed by atoms with Crippen LogP contribution in [0, 0.1) is 0 Å². The van der Waals surface area contributed by atoms with Gasteiger partial charge in [0.15, 0.2) is 17.5 Å². The van der Waals surface area contributed by atoms with Crippen LogP contribution in [0.15, 0.2) is 185 Å². The number of fused-ring (bicyclic) bond motifs is 8. The second-order valence-corrected chi connectivity index (χ2v) is 13.6. The Morgan fingerprint density at radius 2 is 0.889 bits per heavy atom. The molecule has 0 aliphatic carbocycles. The number of aromatic nitrogens is 3. The van der Waals surface area contributed by atoms with Crippen molar-refractivity contribution in [2.75, 3.05) is 0 Å². The SMILES string of the molecule is c1ccc(-c2ccc3c(c2)oc2c4ccccc4c(-c4nc(-c5ccccc5)nc(-c5ccc6c(c5)oc5cccc(-c7ccccc7)c56)n4)cc32)cc1. The molecule has 252 valence electrons. The van der Waals surface area contributed by atoms with E-state index in [9.17, 15) is 0 Å². The summed E-state index contributed by atoms with van der Waals surface area (Å²) in [4.78, 5) is 15.4. The van der Waals surface area contributed by atoms with Gasteiger partial charge in [-0.05, 0) is 64.0 Å².